The van der Waals surface area contributed by atoms with Crippen molar-refractivity contribution in [3.63, 3.8) is 0 Å². The molecule has 0 aliphatic heterocycles. The molecule has 0 aliphatic rings. The molecule has 3 rings (SSSR count). The number of hydrogen-bond donors (Lipinski definition) is 2. The lowest BCUT2D eigenvalue weighted by molar-refractivity contribution is 0.238. The molecule has 0 aliphatic carbocycles. The van der Waals surface area contributed by atoms with Crippen LogP contribution in [0.25, 0.3) is 5.69 Å². The van der Waals surface area contributed by atoms with Crippen molar-refractivity contribution in [2.45, 2.75) is 19.4 Å². The summed E-state index contributed by atoms with van der Waals surface area (Å²) in [4.78, 5) is 12.0. The van der Waals surface area contributed by atoms with Crippen molar-refractivity contribution in [1.82, 2.24) is 20.4 Å². The molecule has 140 valence electrons. The van der Waals surface area contributed by atoms with Gasteiger partial charge in [-0.1, -0.05) is 18.2 Å². The number of urea groups is 1. The van der Waals surface area contributed by atoms with Gasteiger partial charge in [-0.2, -0.15) is 5.10 Å². The van der Waals surface area contributed by atoms with Crippen molar-refractivity contribution in [2.24, 2.45) is 0 Å². The monoisotopic (exact) mass is 370 g/mol. The van der Waals surface area contributed by atoms with Gasteiger partial charge in [0.15, 0.2) is 11.6 Å². The third kappa shape index (κ3) is 4.91. The number of halogens is 2. The molecule has 0 fully saturated rings. The fraction of sp³-hybridized carbons (Fsp3) is 0.200. The molecular weight excluding hydrogens is 350 g/mol. The fourth-order valence-corrected chi connectivity index (χ4v) is 2.67. The number of nitrogens with one attached hydrogen (secondary N) is 2. The van der Waals surface area contributed by atoms with Crippen LogP contribution in [0.15, 0.2) is 60.9 Å². The number of aromatic nitrogens is 2. The molecule has 7 heteroatoms. The van der Waals surface area contributed by atoms with E-state index in [2.05, 4.69) is 15.7 Å². The predicted octanol–water partition coefficient (Wildman–Crippen LogP) is 3.75. The van der Waals surface area contributed by atoms with Gasteiger partial charge in [0.2, 0.25) is 0 Å². The molecule has 1 aromatic heterocycles. The summed E-state index contributed by atoms with van der Waals surface area (Å²) in [5, 5.41) is 9.64. The van der Waals surface area contributed by atoms with Gasteiger partial charge in [-0.05, 0) is 54.8 Å². The van der Waals surface area contributed by atoms with Gasteiger partial charge in [0.25, 0.3) is 0 Å². The van der Waals surface area contributed by atoms with Crippen LogP contribution < -0.4 is 10.6 Å². The smallest absolute Gasteiger partial charge is 0.315 e. The van der Waals surface area contributed by atoms with Crippen LogP contribution in [0.4, 0.5) is 13.6 Å². The van der Waals surface area contributed by atoms with Gasteiger partial charge in [0, 0.05) is 18.9 Å². The van der Waals surface area contributed by atoms with Crippen molar-refractivity contribution in [1.29, 1.82) is 0 Å². The number of rotatable bonds is 6. The molecule has 0 bridgehead atoms. The molecule has 3 aromatic rings. The minimum absolute atomic E-state index is 0.361. The summed E-state index contributed by atoms with van der Waals surface area (Å²) in [6.07, 6.45) is 4.26. The fourth-order valence-electron chi connectivity index (χ4n) is 2.67. The van der Waals surface area contributed by atoms with Gasteiger partial charge in [-0.3, -0.25) is 0 Å². The number of nitrogens with zero attached hydrogens (tertiary/aromatic N) is 2. The van der Waals surface area contributed by atoms with Gasteiger partial charge >= 0.3 is 6.03 Å². The normalized spacial score (nSPS) is 11.8. The van der Waals surface area contributed by atoms with Crippen LogP contribution >= 0.6 is 0 Å². The maximum atomic E-state index is 13.3. The van der Waals surface area contributed by atoms with Crippen LogP contribution in [-0.4, -0.2) is 22.4 Å². The first-order valence-corrected chi connectivity index (χ1v) is 8.61. The van der Waals surface area contributed by atoms with Crippen LogP contribution in [0.3, 0.4) is 0 Å². The summed E-state index contributed by atoms with van der Waals surface area (Å²) in [6, 6.07) is 12.5. The van der Waals surface area contributed by atoms with Crippen molar-refractivity contribution < 1.29 is 13.6 Å². The Morgan fingerprint density at radius 3 is 2.59 bits per heavy atom. The second-order valence-corrected chi connectivity index (χ2v) is 6.16. The van der Waals surface area contributed by atoms with Crippen molar-refractivity contribution in [3.8, 4) is 5.69 Å². The molecule has 2 amide bonds. The largest absolute Gasteiger partial charge is 0.338 e. The van der Waals surface area contributed by atoms with E-state index in [1.807, 2.05) is 36.5 Å². The minimum Gasteiger partial charge on any atom is -0.338 e. The first-order valence-electron chi connectivity index (χ1n) is 8.61. The highest BCUT2D eigenvalue weighted by Crippen LogP contribution is 2.15. The lowest BCUT2D eigenvalue weighted by Gasteiger charge is -2.15. The van der Waals surface area contributed by atoms with Gasteiger partial charge in [0.05, 0.1) is 11.7 Å². The second kappa shape index (κ2) is 8.44. The summed E-state index contributed by atoms with van der Waals surface area (Å²) in [5.74, 6) is -1.84. The zero-order chi connectivity index (χ0) is 19.2. The Bertz CT molecular complexity index is 895. The highest BCUT2D eigenvalue weighted by molar-refractivity contribution is 5.74. The minimum atomic E-state index is -0.930. The second-order valence-electron chi connectivity index (χ2n) is 6.16. The average Bonchev–Trinajstić information content (AvgIpc) is 3.19. The van der Waals surface area contributed by atoms with E-state index in [1.165, 1.54) is 6.07 Å². The molecule has 0 saturated carbocycles. The highest BCUT2D eigenvalue weighted by Gasteiger charge is 2.11. The number of carbonyl (C=O) groups excluding carboxylic acids is 1. The Hall–Kier alpha value is -3.22. The Morgan fingerprint density at radius 1 is 1.15 bits per heavy atom. The molecule has 2 aromatic carbocycles. The lowest BCUT2D eigenvalue weighted by Crippen LogP contribution is -2.38. The molecule has 1 atom stereocenters. The Kier molecular flexibility index (Phi) is 5.80. The molecule has 0 radical (unpaired) electrons. The van der Waals surface area contributed by atoms with E-state index in [-0.39, 0.29) is 6.03 Å². The summed E-state index contributed by atoms with van der Waals surface area (Å²) in [7, 11) is 0. The zero-order valence-electron chi connectivity index (χ0n) is 14.8. The number of carbonyl (C=O) groups is 1. The van der Waals surface area contributed by atoms with Gasteiger partial charge < -0.3 is 10.6 Å². The Morgan fingerprint density at radius 2 is 1.93 bits per heavy atom. The number of benzene rings is 2. The van der Waals surface area contributed by atoms with E-state index in [0.29, 0.717) is 18.5 Å². The summed E-state index contributed by atoms with van der Waals surface area (Å²) >= 11 is 0. The van der Waals surface area contributed by atoms with Crippen LogP contribution in [-0.2, 0) is 6.42 Å². The van der Waals surface area contributed by atoms with E-state index in [9.17, 15) is 13.6 Å². The molecule has 5 nitrogen and oxygen atoms in total. The van der Waals surface area contributed by atoms with Crippen LogP contribution in [0.5, 0.6) is 0 Å². The number of amides is 2. The molecule has 0 spiro atoms. The van der Waals surface area contributed by atoms with Crippen molar-refractivity contribution in [3.05, 3.63) is 83.7 Å². The van der Waals surface area contributed by atoms with Crippen LogP contribution in [0.1, 0.15) is 24.1 Å². The maximum absolute atomic E-state index is 13.3. The van der Waals surface area contributed by atoms with E-state index >= 15 is 0 Å². The van der Waals surface area contributed by atoms with Gasteiger partial charge in [-0.25, -0.2) is 18.3 Å². The van der Waals surface area contributed by atoms with E-state index in [1.54, 1.807) is 17.8 Å². The summed E-state index contributed by atoms with van der Waals surface area (Å²) < 4.78 is 28.0. The predicted molar refractivity (Wildman–Crippen MR) is 98.6 cm³/mol. The van der Waals surface area contributed by atoms with E-state index < -0.39 is 17.7 Å². The maximum Gasteiger partial charge on any atom is 0.315 e. The number of hydrogen-bond acceptors (Lipinski definition) is 2. The molecule has 2 N–H and O–H groups in total. The van der Waals surface area contributed by atoms with Crippen molar-refractivity contribution >= 4 is 6.03 Å². The van der Waals surface area contributed by atoms with Crippen LogP contribution in [0, 0.1) is 11.6 Å². The topological polar surface area (TPSA) is 59.0 Å². The van der Waals surface area contributed by atoms with Crippen molar-refractivity contribution in [2.75, 3.05) is 6.54 Å². The van der Waals surface area contributed by atoms with Gasteiger partial charge in [-0.15, -0.1) is 0 Å². The Labute approximate surface area is 156 Å². The molecule has 27 heavy (non-hydrogen) atoms. The molecular formula is C20H20F2N4O. The van der Waals surface area contributed by atoms with E-state index in [4.69, 9.17) is 0 Å². The SMILES string of the molecule is CC(NC(=O)NCCc1ccc(-n2cccn2)cc1)c1ccc(F)c(F)c1. The molecule has 1 unspecified atom stereocenters. The average molecular weight is 370 g/mol. The van der Waals surface area contributed by atoms with E-state index in [0.717, 1.165) is 23.4 Å². The summed E-state index contributed by atoms with van der Waals surface area (Å²) in [6.45, 7) is 2.16. The molecule has 0 saturated heterocycles. The zero-order valence-corrected chi connectivity index (χ0v) is 14.8. The lowest BCUT2D eigenvalue weighted by atomic mass is 10.1. The quantitative estimate of drug-likeness (QED) is 0.694. The highest BCUT2D eigenvalue weighted by atomic mass is 19.2. The molecule has 1 heterocycles. The Balaban J connectivity index is 1.45. The standard InChI is InChI=1S/C20H20F2N4O/c1-14(16-5-8-18(21)19(22)13-16)25-20(27)23-11-9-15-3-6-17(7-4-15)26-12-2-10-24-26/h2-8,10,12-14H,9,11H2,1H3,(H2,23,25,27). The van der Waals surface area contributed by atoms with Crippen LogP contribution in [0.2, 0.25) is 0 Å². The first-order chi connectivity index (χ1) is 13.0. The summed E-state index contributed by atoms with van der Waals surface area (Å²) in [5.41, 5.74) is 2.55. The van der Waals surface area contributed by atoms with Gasteiger partial charge in [0.1, 0.15) is 0 Å². The third-order valence-corrected chi connectivity index (χ3v) is 4.20. The first kappa shape index (κ1) is 18.6. The third-order valence-electron chi connectivity index (χ3n) is 4.20.